The van der Waals surface area contributed by atoms with Gasteiger partial charge in [-0.1, -0.05) is 0 Å². The zero-order valence-corrected chi connectivity index (χ0v) is 14.0. The quantitative estimate of drug-likeness (QED) is 0.509. The Balaban J connectivity index is 1.67. The highest BCUT2D eigenvalue weighted by Crippen LogP contribution is 2.23. The summed E-state index contributed by atoms with van der Waals surface area (Å²) < 4.78 is 10.8. The van der Waals surface area contributed by atoms with Crippen LogP contribution in [-0.4, -0.2) is 56.9 Å². The van der Waals surface area contributed by atoms with E-state index >= 15 is 0 Å². The molecule has 2 rings (SSSR count). The molecule has 0 aliphatic heterocycles. The zero-order valence-electron chi connectivity index (χ0n) is 13.2. The van der Waals surface area contributed by atoms with E-state index in [-0.39, 0.29) is 35.9 Å². The number of aliphatic hydroxyl groups is 3. The lowest BCUT2D eigenvalue weighted by Crippen LogP contribution is -2.34. The Labute approximate surface area is 141 Å². The lowest BCUT2D eigenvalue weighted by molar-refractivity contribution is -0.161. The molecule has 0 heterocycles. The Bertz CT molecular complexity index is 399. The van der Waals surface area contributed by atoms with Crippen LogP contribution in [0.15, 0.2) is 0 Å². The first-order valence-corrected chi connectivity index (χ1v) is 8.79. The first-order chi connectivity index (χ1) is 10.9. The van der Waals surface area contributed by atoms with Crippen molar-refractivity contribution in [2.75, 3.05) is 0 Å². The molecule has 7 heteroatoms. The van der Waals surface area contributed by atoms with E-state index in [2.05, 4.69) is 0 Å². The van der Waals surface area contributed by atoms with Gasteiger partial charge >= 0.3 is 5.97 Å². The van der Waals surface area contributed by atoms with Crippen LogP contribution in [0.1, 0.15) is 57.8 Å². The minimum absolute atomic E-state index is 0.0473. The van der Waals surface area contributed by atoms with Gasteiger partial charge in [-0.15, -0.1) is 0 Å². The maximum atomic E-state index is 11.9. The first-order valence-electron chi connectivity index (χ1n) is 8.38. The summed E-state index contributed by atoms with van der Waals surface area (Å²) >= 11 is 5.09. The number of thiocarbonyl (C=S) groups is 1. The zero-order chi connectivity index (χ0) is 16.8. The van der Waals surface area contributed by atoms with E-state index < -0.39 is 12.1 Å². The number of esters is 1. The monoisotopic (exact) mass is 346 g/mol. The fourth-order valence-electron chi connectivity index (χ4n) is 3.04. The summed E-state index contributed by atoms with van der Waals surface area (Å²) in [5.41, 5.74) is 0. The Hall–Kier alpha value is -0.760. The number of hydrogen-bond donors (Lipinski definition) is 3. The van der Waals surface area contributed by atoms with Crippen molar-refractivity contribution in [3.05, 3.63) is 0 Å². The highest BCUT2D eigenvalue weighted by Gasteiger charge is 2.28. The lowest BCUT2D eigenvalue weighted by atomic mass is 9.95. The third kappa shape index (κ3) is 6.33. The average Bonchev–Trinajstić information content (AvgIpc) is 2.51. The second kappa shape index (κ2) is 8.92. The van der Waals surface area contributed by atoms with E-state index in [0.717, 1.165) is 12.8 Å². The minimum atomic E-state index is -1.32. The van der Waals surface area contributed by atoms with Crippen molar-refractivity contribution >= 4 is 23.2 Å². The normalized spacial score (nSPS) is 32.8. The molecule has 2 saturated carbocycles. The van der Waals surface area contributed by atoms with Crippen LogP contribution in [-0.2, 0) is 14.3 Å². The first kappa shape index (κ1) is 18.6. The predicted octanol–water partition coefficient (Wildman–Crippen LogP) is 1.23. The van der Waals surface area contributed by atoms with Gasteiger partial charge in [-0.3, -0.25) is 0 Å². The van der Waals surface area contributed by atoms with Gasteiger partial charge in [0.05, 0.1) is 24.7 Å². The number of ether oxygens (including phenoxy) is 2. The molecule has 0 bridgehead atoms. The van der Waals surface area contributed by atoms with Crippen molar-refractivity contribution in [2.45, 2.75) is 88.3 Å². The molecule has 0 saturated heterocycles. The van der Waals surface area contributed by atoms with Crippen LogP contribution in [0.5, 0.6) is 0 Å². The van der Waals surface area contributed by atoms with Crippen LogP contribution < -0.4 is 0 Å². The average molecular weight is 346 g/mol. The molecular formula is C16H26O6S. The molecule has 1 atom stereocenters. The Morgan fingerprint density at radius 2 is 1.35 bits per heavy atom. The molecule has 0 radical (unpaired) electrons. The van der Waals surface area contributed by atoms with Crippen molar-refractivity contribution in [1.82, 2.24) is 0 Å². The van der Waals surface area contributed by atoms with Crippen molar-refractivity contribution < 1.29 is 29.6 Å². The summed E-state index contributed by atoms with van der Waals surface area (Å²) in [6.07, 6.45) is 3.05. The number of rotatable bonds is 5. The summed E-state index contributed by atoms with van der Waals surface area (Å²) in [6.45, 7) is 0. The van der Waals surface area contributed by atoms with Crippen LogP contribution in [0.2, 0.25) is 0 Å². The van der Waals surface area contributed by atoms with Crippen molar-refractivity contribution in [2.24, 2.45) is 0 Å². The van der Waals surface area contributed by atoms with E-state index in [1.807, 2.05) is 0 Å². The number of carbonyl (C=O) groups is 1. The molecule has 0 aromatic carbocycles. The van der Waals surface area contributed by atoms with Crippen molar-refractivity contribution in [3.8, 4) is 0 Å². The van der Waals surface area contributed by atoms with Gasteiger partial charge in [0.2, 0.25) is 0 Å². The summed E-state index contributed by atoms with van der Waals surface area (Å²) in [7, 11) is 0. The second-order valence-corrected chi connectivity index (χ2v) is 6.96. The van der Waals surface area contributed by atoms with E-state index in [1.54, 1.807) is 0 Å². The minimum Gasteiger partial charge on any atom is -0.484 e. The molecule has 132 valence electrons. The predicted molar refractivity (Wildman–Crippen MR) is 86.9 cm³/mol. The fourth-order valence-corrected chi connectivity index (χ4v) is 3.34. The maximum Gasteiger partial charge on any atom is 0.335 e. The second-order valence-electron chi connectivity index (χ2n) is 6.51. The molecule has 2 aliphatic carbocycles. The molecule has 6 nitrogen and oxygen atoms in total. The highest BCUT2D eigenvalue weighted by atomic mass is 32.1. The van der Waals surface area contributed by atoms with Crippen LogP contribution >= 0.6 is 12.2 Å². The largest absolute Gasteiger partial charge is 0.484 e. The van der Waals surface area contributed by atoms with E-state index in [0.29, 0.717) is 38.5 Å². The van der Waals surface area contributed by atoms with Gasteiger partial charge in [-0.05, 0) is 63.6 Å². The van der Waals surface area contributed by atoms with E-state index in [1.165, 1.54) is 0 Å². The van der Waals surface area contributed by atoms with Gasteiger partial charge in [0.1, 0.15) is 6.10 Å². The smallest absolute Gasteiger partial charge is 0.335 e. The summed E-state index contributed by atoms with van der Waals surface area (Å²) in [6, 6.07) is 0. The molecule has 0 amide bonds. The fraction of sp³-hybridized carbons (Fsp3) is 0.875. The number of carbonyl (C=O) groups excluding carboxylic acids is 1. The molecule has 0 spiro atoms. The SMILES string of the molecule is O=C(OC1CCC(O)CC1)C(O)CC(=S)OC1CCC(O)CC1. The Morgan fingerprint density at radius 1 is 0.913 bits per heavy atom. The van der Waals surface area contributed by atoms with Crippen LogP contribution in [0.3, 0.4) is 0 Å². The summed E-state index contributed by atoms with van der Waals surface area (Å²) in [5, 5.41) is 29.0. The third-order valence-electron chi connectivity index (χ3n) is 4.50. The van der Waals surface area contributed by atoms with Crippen molar-refractivity contribution in [1.29, 1.82) is 0 Å². The molecule has 0 aromatic rings. The van der Waals surface area contributed by atoms with Crippen LogP contribution in [0.4, 0.5) is 0 Å². The van der Waals surface area contributed by atoms with Gasteiger partial charge in [-0.2, -0.15) is 0 Å². The van der Waals surface area contributed by atoms with E-state index in [9.17, 15) is 20.1 Å². The van der Waals surface area contributed by atoms with Gasteiger partial charge in [0.25, 0.3) is 0 Å². The maximum absolute atomic E-state index is 11.9. The Kier molecular flexibility index (Phi) is 7.20. The van der Waals surface area contributed by atoms with Gasteiger partial charge in [0, 0.05) is 0 Å². The molecule has 23 heavy (non-hydrogen) atoms. The molecule has 1 unspecified atom stereocenters. The summed E-state index contributed by atoms with van der Waals surface area (Å²) in [4.78, 5) is 11.9. The standard InChI is InChI=1S/C16H26O6S/c17-10-1-5-12(6-2-10)21-15(23)9-14(19)16(20)22-13-7-3-11(18)4-8-13/h10-14,17-19H,1-9H2. The topological polar surface area (TPSA) is 96.2 Å². The van der Waals surface area contributed by atoms with Gasteiger partial charge in [0.15, 0.2) is 11.2 Å². The van der Waals surface area contributed by atoms with E-state index in [4.69, 9.17) is 21.7 Å². The number of aliphatic hydroxyl groups excluding tert-OH is 3. The van der Waals surface area contributed by atoms with Crippen LogP contribution in [0.25, 0.3) is 0 Å². The molecular weight excluding hydrogens is 320 g/mol. The molecule has 2 fully saturated rings. The number of hydrogen-bond acceptors (Lipinski definition) is 7. The summed E-state index contributed by atoms with van der Waals surface area (Å²) in [5.74, 6) is -0.684. The van der Waals surface area contributed by atoms with Gasteiger partial charge < -0.3 is 24.8 Å². The Morgan fingerprint density at radius 3 is 1.83 bits per heavy atom. The van der Waals surface area contributed by atoms with Gasteiger partial charge in [-0.25, -0.2) is 4.79 Å². The van der Waals surface area contributed by atoms with Crippen LogP contribution in [0, 0.1) is 0 Å². The molecule has 0 aromatic heterocycles. The molecule has 2 aliphatic rings. The lowest BCUT2D eigenvalue weighted by Gasteiger charge is -2.27. The van der Waals surface area contributed by atoms with Crippen molar-refractivity contribution in [3.63, 3.8) is 0 Å². The molecule has 3 N–H and O–H groups in total. The highest BCUT2D eigenvalue weighted by molar-refractivity contribution is 7.80. The third-order valence-corrected chi connectivity index (χ3v) is 4.76.